The van der Waals surface area contributed by atoms with Crippen molar-refractivity contribution in [2.45, 2.75) is 32.2 Å². The smallest absolute Gasteiger partial charge is 0.320 e. The van der Waals surface area contributed by atoms with Crippen LogP contribution in [0.4, 0.5) is 0 Å². The van der Waals surface area contributed by atoms with E-state index in [-0.39, 0.29) is 18.7 Å². The average Bonchev–Trinajstić information content (AvgIpc) is 2.49. The van der Waals surface area contributed by atoms with E-state index < -0.39 is 23.9 Å². The Bertz CT molecular complexity index is 573. The predicted molar refractivity (Wildman–Crippen MR) is 84.1 cm³/mol. The highest BCUT2D eigenvalue weighted by molar-refractivity contribution is 5.94. The molecule has 7 nitrogen and oxygen atoms in total. The third-order valence-electron chi connectivity index (χ3n) is 3.50. The summed E-state index contributed by atoms with van der Waals surface area (Å²) in [5, 5.41) is 20.5. The molecule has 0 spiro atoms. The largest absolute Gasteiger partial charge is 0.481 e. The van der Waals surface area contributed by atoms with Crippen LogP contribution in [0.5, 0.6) is 0 Å². The van der Waals surface area contributed by atoms with E-state index in [1.807, 2.05) is 13.0 Å². The zero-order valence-corrected chi connectivity index (χ0v) is 13.0. The number of rotatable bonds is 9. The van der Waals surface area contributed by atoms with Gasteiger partial charge in [-0.1, -0.05) is 17.7 Å². The minimum Gasteiger partial charge on any atom is -0.481 e. The van der Waals surface area contributed by atoms with Crippen molar-refractivity contribution in [2.24, 2.45) is 11.7 Å². The molecule has 0 aliphatic carbocycles. The fourth-order valence-corrected chi connectivity index (χ4v) is 2.19. The van der Waals surface area contributed by atoms with Gasteiger partial charge in [-0.15, -0.1) is 0 Å². The molecule has 1 rings (SSSR count). The topological polar surface area (TPSA) is 130 Å². The number of carbonyl (C=O) groups excluding carboxylic acids is 1. The maximum absolute atomic E-state index is 11.9. The van der Waals surface area contributed by atoms with Gasteiger partial charge in [0.2, 0.25) is 0 Å². The summed E-state index contributed by atoms with van der Waals surface area (Å²) in [6, 6.07) is 5.95. The summed E-state index contributed by atoms with van der Waals surface area (Å²) in [4.78, 5) is 33.7. The van der Waals surface area contributed by atoms with Gasteiger partial charge in [-0.05, 0) is 38.3 Å². The Hall–Kier alpha value is -2.41. The van der Waals surface area contributed by atoms with Crippen molar-refractivity contribution in [3.8, 4) is 0 Å². The summed E-state index contributed by atoms with van der Waals surface area (Å²) in [6.07, 6.45) is 0.557. The highest BCUT2D eigenvalue weighted by atomic mass is 16.4. The van der Waals surface area contributed by atoms with Crippen LogP contribution < -0.4 is 11.1 Å². The maximum atomic E-state index is 11.9. The monoisotopic (exact) mass is 322 g/mol. The molecule has 0 fully saturated rings. The molecular formula is C16H22N2O5. The van der Waals surface area contributed by atoms with E-state index in [0.29, 0.717) is 18.5 Å². The van der Waals surface area contributed by atoms with Gasteiger partial charge in [-0.3, -0.25) is 14.4 Å². The Labute approximate surface area is 134 Å². The first-order valence-corrected chi connectivity index (χ1v) is 7.37. The molecule has 1 amide bonds. The molecule has 5 N–H and O–H groups in total. The minimum absolute atomic E-state index is 0.128. The number of carbonyl (C=O) groups is 3. The van der Waals surface area contributed by atoms with Crippen molar-refractivity contribution in [1.82, 2.24) is 5.32 Å². The second kappa shape index (κ2) is 8.89. The summed E-state index contributed by atoms with van der Waals surface area (Å²) in [6.45, 7) is 2.21. The Kier molecular flexibility index (Phi) is 7.21. The minimum atomic E-state index is -1.22. The van der Waals surface area contributed by atoms with Crippen LogP contribution in [0.25, 0.3) is 0 Å². The van der Waals surface area contributed by atoms with Crippen LogP contribution >= 0.6 is 0 Å². The second-order valence-corrected chi connectivity index (χ2v) is 5.48. The third-order valence-corrected chi connectivity index (χ3v) is 3.50. The summed E-state index contributed by atoms with van der Waals surface area (Å²) in [5.74, 6) is -3.35. The van der Waals surface area contributed by atoms with Gasteiger partial charge >= 0.3 is 11.9 Å². The first-order valence-electron chi connectivity index (χ1n) is 7.37. The number of nitrogens with two attached hydrogens (primary N) is 1. The Morgan fingerprint density at radius 1 is 1.22 bits per heavy atom. The van der Waals surface area contributed by atoms with E-state index in [1.54, 1.807) is 18.2 Å². The molecule has 0 saturated carbocycles. The molecule has 0 saturated heterocycles. The van der Waals surface area contributed by atoms with Crippen LogP contribution in [0.3, 0.4) is 0 Å². The van der Waals surface area contributed by atoms with Gasteiger partial charge in [0.1, 0.15) is 6.04 Å². The number of aryl methyl sites for hydroxylation is 1. The molecule has 0 radical (unpaired) electrons. The summed E-state index contributed by atoms with van der Waals surface area (Å²) in [7, 11) is 0. The highest BCUT2D eigenvalue weighted by Crippen LogP contribution is 2.13. The lowest BCUT2D eigenvalue weighted by Crippen LogP contribution is -2.34. The van der Waals surface area contributed by atoms with E-state index in [0.717, 1.165) is 5.56 Å². The Balaban J connectivity index is 2.40. The van der Waals surface area contributed by atoms with Gasteiger partial charge in [-0.2, -0.15) is 0 Å². The van der Waals surface area contributed by atoms with E-state index in [9.17, 15) is 14.4 Å². The lowest BCUT2D eigenvalue weighted by atomic mass is 9.95. The summed E-state index contributed by atoms with van der Waals surface area (Å²) >= 11 is 0. The van der Waals surface area contributed by atoms with Crippen LogP contribution in [-0.2, 0) is 9.59 Å². The molecule has 0 aromatic heterocycles. The number of aliphatic carboxylic acids is 2. The van der Waals surface area contributed by atoms with Gasteiger partial charge < -0.3 is 21.3 Å². The first-order chi connectivity index (χ1) is 10.8. The van der Waals surface area contributed by atoms with E-state index >= 15 is 0 Å². The van der Waals surface area contributed by atoms with E-state index in [1.165, 1.54) is 0 Å². The van der Waals surface area contributed by atoms with Crippen molar-refractivity contribution in [1.29, 1.82) is 0 Å². The number of carboxylic acid groups (broad SMARTS) is 2. The quantitative estimate of drug-likeness (QED) is 0.502. The highest BCUT2D eigenvalue weighted by Gasteiger charge is 2.23. The molecule has 0 heterocycles. The molecule has 0 aliphatic heterocycles. The van der Waals surface area contributed by atoms with Crippen LogP contribution in [0.15, 0.2) is 24.3 Å². The molecular weight excluding hydrogens is 300 g/mol. The molecule has 0 aliphatic rings. The van der Waals surface area contributed by atoms with Crippen molar-refractivity contribution in [3.63, 3.8) is 0 Å². The van der Waals surface area contributed by atoms with Crippen LogP contribution in [0.1, 0.15) is 35.2 Å². The molecule has 0 bridgehead atoms. The van der Waals surface area contributed by atoms with Crippen LogP contribution in [-0.4, -0.2) is 40.6 Å². The number of hydrogen-bond acceptors (Lipinski definition) is 4. The van der Waals surface area contributed by atoms with E-state index in [2.05, 4.69) is 5.32 Å². The average molecular weight is 322 g/mol. The SMILES string of the molecule is Cc1cccc(C(=O)NCCC[C@@H](C[C@H](N)C(=O)O)C(=O)O)c1. The van der Waals surface area contributed by atoms with Crippen molar-refractivity contribution < 1.29 is 24.6 Å². The second-order valence-electron chi connectivity index (χ2n) is 5.48. The first kappa shape index (κ1) is 18.6. The summed E-state index contributed by atoms with van der Waals surface area (Å²) in [5.41, 5.74) is 6.89. The maximum Gasteiger partial charge on any atom is 0.320 e. The van der Waals surface area contributed by atoms with Crippen LogP contribution in [0.2, 0.25) is 0 Å². The number of benzene rings is 1. The Morgan fingerprint density at radius 2 is 1.91 bits per heavy atom. The van der Waals surface area contributed by atoms with Gasteiger partial charge in [0.15, 0.2) is 0 Å². The molecule has 23 heavy (non-hydrogen) atoms. The molecule has 7 heteroatoms. The molecule has 2 atom stereocenters. The normalized spacial score (nSPS) is 13.1. The molecule has 1 aromatic carbocycles. The van der Waals surface area contributed by atoms with Crippen LogP contribution in [0, 0.1) is 12.8 Å². The van der Waals surface area contributed by atoms with Crippen molar-refractivity contribution in [3.05, 3.63) is 35.4 Å². The number of amides is 1. The zero-order chi connectivity index (χ0) is 17.4. The zero-order valence-electron chi connectivity index (χ0n) is 13.0. The predicted octanol–water partition coefficient (Wildman–Crippen LogP) is 1.01. The number of nitrogens with one attached hydrogen (secondary N) is 1. The molecule has 126 valence electrons. The van der Waals surface area contributed by atoms with Gasteiger partial charge in [0.05, 0.1) is 5.92 Å². The van der Waals surface area contributed by atoms with Gasteiger partial charge in [-0.25, -0.2) is 0 Å². The third kappa shape index (κ3) is 6.48. The Morgan fingerprint density at radius 3 is 2.48 bits per heavy atom. The standard InChI is InChI=1S/C16H22N2O5/c1-10-4-2-5-11(8-10)14(19)18-7-3-6-12(15(20)21)9-13(17)16(22)23/h2,4-5,8,12-13H,3,6-7,9,17H2,1H3,(H,18,19)(H,20,21)(H,22,23)/t12-,13-/m0/s1. The number of carboxylic acids is 2. The van der Waals surface area contributed by atoms with Crippen molar-refractivity contribution in [2.75, 3.05) is 6.54 Å². The molecule has 1 aromatic rings. The summed E-state index contributed by atoms with van der Waals surface area (Å²) < 4.78 is 0. The fourth-order valence-electron chi connectivity index (χ4n) is 2.19. The lowest BCUT2D eigenvalue weighted by molar-refractivity contribution is -0.143. The molecule has 0 unspecified atom stereocenters. The van der Waals surface area contributed by atoms with E-state index in [4.69, 9.17) is 15.9 Å². The lowest BCUT2D eigenvalue weighted by Gasteiger charge is -2.15. The van der Waals surface area contributed by atoms with Gasteiger partial charge in [0.25, 0.3) is 5.91 Å². The number of hydrogen-bond donors (Lipinski definition) is 4. The van der Waals surface area contributed by atoms with Gasteiger partial charge in [0, 0.05) is 12.1 Å². The fraction of sp³-hybridized carbons (Fsp3) is 0.438. The van der Waals surface area contributed by atoms with Crippen molar-refractivity contribution >= 4 is 17.8 Å².